The molecule has 0 atom stereocenters. The summed E-state index contributed by atoms with van der Waals surface area (Å²) in [6, 6.07) is 9.38. The van der Waals surface area contributed by atoms with Gasteiger partial charge in [0, 0.05) is 15.1 Å². The lowest BCUT2D eigenvalue weighted by molar-refractivity contribution is -0.121. The maximum atomic E-state index is 12.1. The van der Waals surface area contributed by atoms with Crippen LogP contribution >= 0.6 is 34.8 Å². The zero-order valence-electron chi connectivity index (χ0n) is 12.5. The number of halogens is 3. The molecule has 8 heteroatoms. The summed E-state index contributed by atoms with van der Waals surface area (Å²) < 4.78 is 5.09. The summed E-state index contributed by atoms with van der Waals surface area (Å²) in [5.41, 5.74) is 5.47. The molecule has 0 aliphatic carbocycles. The number of hydrogen-bond acceptors (Lipinski definition) is 3. The predicted molar refractivity (Wildman–Crippen MR) is 93.8 cm³/mol. The molecule has 0 aromatic heterocycles. The summed E-state index contributed by atoms with van der Waals surface area (Å²) in [6.45, 7) is 0. The normalized spacial score (nSPS) is 10.2. The molecule has 0 bridgehead atoms. The van der Waals surface area contributed by atoms with E-state index in [9.17, 15) is 9.59 Å². The Hall–Kier alpha value is -1.95. The average molecular weight is 388 g/mol. The molecule has 0 saturated carbocycles. The highest BCUT2D eigenvalue weighted by Crippen LogP contribution is 2.23. The van der Waals surface area contributed by atoms with Gasteiger partial charge in [-0.2, -0.15) is 0 Å². The van der Waals surface area contributed by atoms with Gasteiger partial charge in [0.05, 0.1) is 19.1 Å². The van der Waals surface area contributed by atoms with Gasteiger partial charge >= 0.3 is 0 Å². The summed E-state index contributed by atoms with van der Waals surface area (Å²) in [5, 5.41) is 1.29. The second kappa shape index (κ2) is 8.24. The van der Waals surface area contributed by atoms with E-state index in [-0.39, 0.29) is 12.0 Å². The maximum absolute atomic E-state index is 12.1. The summed E-state index contributed by atoms with van der Waals surface area (Å²) in [7, 11) is 1.42. The zero-order chi connectivity index (χ0) is 17.7. The first-order valence-corrected chi connectivity index (χ1v) is 7.90. The monoisotopic (exact) mass is 386 g/mol. The Balaban J connectivity index is 1.97. The maximum Gasteiger partial charge on any atom is 0.273 e. The van der Waals surface area contributed by atoms with Crippen LogP contribution in [-0.2, 0) is 11.2 Å². The van der Waals surface area contributed by atoms with Gasteiger partial charge in [-0.1, -0.05) is 40.9 Å². The summed E-state index contributed by atoms with van der Waals surface area (Å²) in [5.74, 6) is -0.658. The van der Waals surface area contributed by atoms with Crippen molar-refractivity contribution in [1.82, 2.24) is 10.9 Å². The zero-order valence-corrected chi connectivity index (χ0v) is 14.8. The Labute approximate surface area is 153 Å². The number of hydrogen-bond donors (Lipinski definition) is 2. The van der Waals surface area contributed by atoms with Crippen LogP contribution in [0.3, 0.4) is 0 Å². The SMILES string of the molecule is COc1cc(Cl)ccc1C(=O)NNC(=O)Cc1ccc(Cl)cc1Cl. The third kappa shape index (κ3) is 4.77. The van der Waals surface area contributed by atoms with E-state index in [1.165, 1.54) is 19.2 Å². The highest BCUT2D eigenvalue weighted by atomic mass is 35.5. The van der Waals surface area contributed by atoms with Gasteiger partial charge < -0.3 is 4.74 Å². The molecule has 24 heavy (non-hydrogen) atoms. The third-order valence-electron chi connectivity index (χ3n) is 3.09. The number of methoxy groups -OCH3 is 1. The summed E-state index contributed by atoms with van der Waals surface area (Å²) in [6.07, 6.45) is -0.00592. The van der Waals surface area contributed by atoms with Crippen LogP contribution in [0.4, 0.5) is 0 Å². The lowest BCUT2D eigenvalue weighted by atomic mass is 10.1. The molecule has 0 spiro atoms. The van der Waals surface area contributed by atoms with E-state index in [0.29, 0.717) is 26.4 Å². The fourth-order valence-electron chi connectivity index (χ4n) is 1.93. The van der Waals surface area contributed by atoms with Crippen LogP contribution in [0.5, 0.6) is 5.75 Å². The van der Waals surface area contributed by atoms with Crippen molar-refractivity contribution < 1.29 is 14.3 Å². The molecule has 0 aliphatic heterocycles. The van der Waals surface area contributed by atoms with E-state index in [4.69, 9.17) is 39.5 Å². The molecule has 2 aromatic carbocycles. The van der Waals surface area contributed by atoms with E-state index >= 15 is 0 Å². The van der Waals surface area contributed by atoms with Gasteiger partial charge in [0.15, 0.2) is 0 Å². The van der Waals surface area contributed by atoms with Crippen LogP contribution in [0.15, 0.2) is 36.4 Å². The van der Waals surface area contributed by atoms with Gasteiger partial charge in [-0.3, -0.25) is 20.4 Å². The van der Waals surface area contributed by atoms with Crippen LogP contribution in [0.25, 0.3) is 0 Å². The average Bonchev–Trinajstić information content (AvgIpc) is 2.55. The number of hydrazine groups is 1. The van der Waals surface area contributed by atoms with Crippen LogP contribution in [-0.4, -0.2) is 18.9 Å². The van der Waals surface area contributed by atoms with E-state index in [0.717, 1.165) is 0 Å². The quantitative estimate of drug-likeness (QED) is 0.787. The Bertz CT molecular complexity index is 781. The first kappa shape index (κ1) is 18.4. The Morgan fingerprint density at radius 2 is 1.67 bits per heavy atom. The number of benzene rings is 2. The number of carbonyl (C=O) groups is 2. The van der Waals surface area contributed by atoms with Crippen molar-refractivity contribution in [1.29, 1.82) is 0 Å². The minimum absolute atomic E-state index is 0.00592. The second-order valence-corrected chi connectivity index (χ2v) is 6.04. The number of carbonyl (C=O) groups excluding carboxylic acids is 2. The van der Waals surface area contributed by atoms with E-state index in [2.05, 4.69) is 10.9 Å². The Morgan fingerprint density at radius 1 is 1.00 bits per heavy atom. The van der Waals surface area contributed by atoms with Gasteiger partial charge in [-0.25, -0.2) is 0 Å². The summed E-state index contributed by atoms with van der Waals surface area (Å²) >= 11 is 17.6. The number of rotatable bonds is 4. The second-order valence-electron chi connectivity index (χ2n) is 4.76. The topological polar surface area (TPSA) is 67.4 Å². The van der Waals surface area contributed by atoms with Crippen LogP contribution in [0.2, 0.25) is 15.1 Å². The first-order valence-electron chi connectivity index (χ1n) is 6.77. The van der Waals surface area contributed by atoms with Crippen LogP contribution in [0.1, 0.15) is 15.9 Å². The van der Waals surface area contributed by atoms with Gasteiger partial charge in [0.1, 0.15) is 5.75 Å². The van der Waals surface area contributed by atoms with Crippen molar-refractivity contribution in [3.63, 3.8) is 0 Å². The van der Waals surface area contributed by atoms with Crippen LogP contribution in [0, 0.1) is 0 Å². The molecule has 0 radical (unpaired) electrons. The van der Waals surface area contributed by atoms with Gasteiger partial charge in [-0.05, 0) is 35.9 Å². The van der Waals surface area contributed by atoms with Gasteiger partial charge in [0.2, 0.25) is 5.91 Å². The fraction of sp³-hybridized carbons (Fsp3) is 0.125. The van der Waals surface area contributed by atoms with Gasteiger partial charge in [-0.15, -0.1) is 0 Å². The largest absolute Gasteiger partial charge is 0.496 e. The summed E-state index contributed by atoms with van der Waals surface area (Å²) in [4.78, 5) is 24.0. The molecule has 5 nitrogen and oxygen atoms in total. The number of nitrogens with one attached hydrogen (secondary N) is 2. The van der Waals surface area contributed by atoms with Crippen molar-refractivity contribution >= 4 is 46.6 Å². The van der Waals surface area contributed by atoms with Crippen molar-refractivity contribution in [3.8, 4) is 5.75 Å². The van der Waals surface area contributed by atoms with Gasteiger partial charge in [0.25, 0.3) is 5.91 Å². The molecule has 0 aliphatic rings. The smallest absolute Gasteiger partial charge is 0.273 e. The van der Waals surface area contributed by atoms with E-state index < -0.39 is 11.8 Å². The predicted octanol–water partition coefficient (Wildman–Crippen LogP) is 3.66. The third-order valence-corrected chi connectivity index (χ3v) is 3.91. The molecule has 0 fully saturated rings. The molecular weight excluding hydrogens is 375 g/mol. The molecule has 2 N–H and O–H groups in total. The molecule has 0 heterocycles. The molecule has 2 rings (SSSR count). The molecule has 0 unspecified atom stereocenters. The minimum atomic E-state index is -0.529. The lowest BCUT2D eigenvalue weighted by Crippen LogP contribution is -2.42. The Morgan fingerprint density at radius 3 is 2.33 bits per heavy atom. The minimum Gasteiger partial charge on any atom is -0.496 e. The van der Waals surface area contributed by atoms with Crippen molar-refractivity contribution in [3.05, 3.63) is 62.6 Å². The highest BCUT2D eigenvalue weighted by Gasteiger charge is 2.14. The standard InChI is InChI=1S/C16H13Cl3N2O3/c1-24-14-8-11(18)4-5-12(14)16(23)21-20-15(22)6-9-2-3-10(17)7-13(9)19/h2-5,7-8H,6H2,1H3,(H,20,22)(H,21,23). The lowest BCUT2D eigenvalue weighted by Gasteiger charge is -2.11. The first-order chi connectivity index (χ1) is 11.4. The van der Waals surface area contributed by atoms with Crippen molar-refractivity contribution in [2.45, 2.75) is 6.42 Å². The molecule has 2 aromatic rings. The van der Waals surface area contributed by atoms with Crippen molar-refractivity contribution in [2.24, 2.45) is 0 Å². The van der Waals surface area contributed by atoms with E-state index in [1.54, 1.807) is 24.3 Å². The highest BCUT2D eigenvalue weighted by molar-refractivity contribution is 6.35. The molecule has 0 saturated heterocycles. The molecule has 2 amide bonds. The number of ether oxygens (including phenoxy) is 1. The fourth-order valence-corrected chi connectivity index (χ4v) is 2.57. The Kier molecular flexibility index (Phi) is 6.31. The number of amides is 2. The van der Waals surface area contributed by atoms with Crippen LogP contribution < -0.4 is 15.6 Å². The van der Waals surface area contributed by atoms with Crippen molar-refractivity contribution in [2.75, 3.05) is 7.11 Å². The van der Waals surface area contributed by atoms with E-state index in [1.807, 2.05) is 0 Å². The molecular formula is C16H13Cl3N2O3. The molecule has 126 valence electrons.